The van der Waals surface area contributed by atoms with E-state index < -0.39 is 0 Å². The highest BCUT2D eigenvalue weighted by atomic mass is 16.7. The molecule has 6 rings (SSSR count). The minimum absolute atomic E-state index is 0.270. The first-order chi connectivity index (χ1) is 16.3. The van der Waals surface area contributed by atoms with Crippen LogP contribution >= 0.6 is 0 Å². The van der Waals surface area contributed by atoms with Crippen LogP contribution in [0.3, 0.4) is 0 Å². The molecule has 0 bridgehead atoms. The molecule has 0 atom stereocenters. The van der Waals surface area contributed by atoms with Gasteiger partial charge in [-0.1, -0.05) is 36.4 Å². The lowest BCUT2D eigenvalue weighted by Gasteiger charge is -2.09. The monoisotopic (exact) mass is 436 g/mol. The normalized spacial score (nSPS) is 12.1. The second-order valence-corrected chi connectivity index (χ2v) is 7.60. The van der Waals surface area contributed by atoms with Crippen LogP contribution in [0.4, 0.5) is 5.82 Å². The Hall–Kier alpha value is -4.52. The van der Waals surface area contributed by atoms with Crippen molar-refractivity contribution in [3.63, 3.8) is 0 Å². The number of hydrogen-bond acceptors (Lipinski definition) is 6. The van der Waals surface area contributed by atoms with Gasteiger partial charge >= 0.3 is 0 Å². The summed E-state index contributed by atoms with van der Waals surface area (Å²) in [5.74, 6) is 3.99. The fraction of sp³-hybridized carbons (Fsp3) is 0.0769. The largest absolute Gasteiger partial charge is 0.457 e. The van der Waals surface area contributed by atoms with Crippen LogP contribution in [0.1, 0.15) is 5.56 Å². The Bertz CT molecular complexity index is 1420. The molecule has 0 saturated heterocycles. The van der Waals surface area contributed by atoms with Gasteiger partial charge in [0, 0.05) is 18.3 Å². The molecule has 0 aliphatic carbocycles. The van der Waals surface area contributed by atoms with Gasteiger partial charge in [0.05, 0.1) is 6.20 Å². The van der Waals surface area contributed by atoms with E-state index in [0.717, 1.165) is 51.2 Å². The first kappa shape index (κ1) is 19.2. The number of aromatic nitrogens is 3. The molecule has 1 aliphatic heterocycles. The highest BCUT2D eigenvalue weighted by molar-refractivity contribution is 5.78. The van der Waals surface area contributed by atoms with Crippen molar-refractivity contribution in [2.75, 3.05) is 12.1 Å². The molecule has 5 aromatic rings. The first-order valence-electron chi connectivity index (χ1n) is 10.6. The molecule has 33 heavy (non-hydrogen) atoms. The van der Waals surface area contributed by atoms with Crippen molar-refractivity contribution < 1.29 is 14.2 Å². The minimum Gasteiger partial charge on any atom is -0.457 e. The van der Waals surface area contributed by atoms with Crippen LogP contribution in [-0.2, 0) is 6.54 Å². The second-order valence-electron chi connectivity index (χ2n) is 7.60. The number of anilines is 1. The fourth-order valence-electron chi connectivity index (χ4n) is 3.80. The van der Waals surface area contributed by atoms with Gasteiger partial charge in [-0.2, -0.15) is 9.61 Å². The van der Waals surface area contributed by atoms with Crippen LogP contribution < -0.4 is 19.5 Å². The molecule has 7 nitrogen and oxygen atoms in total. The highest BCUT2D eigenvalue weighted by Gasteiger charge is 2.14. The van der Waals surface area contributed by atoms with Crippen molar-refractivity contribution >= 4 is 11.5 Å². The molecule has 7 heteroatoms. The highest BCUT2D eigenvalue weighted by Crippen LogP contribution is 2.33. The van der Waals surface area contributed by atoms with Crippen molar-refractivity contribution in [2.45, 2.75) is 6.54 Å². The summed E-state index contributed by atoms with van der Waals surface area (Å²) >= 11 is 0. The molecule has 0 saturated carbocycles. The van der Waals surface area contributed by atoms with Crippen LogP contribution in [0.15, 0.2) is 91.3 Å². The van der Waals surface area contributed by atoms with Crippen LogP contribution in [0.2, 0.25) is 0 Å². The lowest BCUT2D eigenvalue weighted by Crippen LogP contribution is -2.05. The molecule has 0 radical (unpaired) electrons. The topological polar surface area (TPSA) is 69.9 Å². The number of benzene rings is 3. The van der Waals surface area contributed by atoms with Crippen LogP contribution in [0.25, 0.3) is 16.8 Å². The van der Waals surface area contributed by atoms with Gasteiger partial charge < -0.3 is 19.5 Å². The molecule has 1 N–H and O–H groups in total. The molecular weight excluding hydrogens is 416 g/mol. The third-order valence-corrected chi connectivity index (χ3v) is 5.46. The number of hydrogen-bond donors (Lipinski definition) is 1. The molecule has 162 valence electrons. The Balaban J connectivity index is 1.22. The molecule has 2 aromatic heterocycles. The summed E-state index contributed by atoms with van der Waals surface area (Å²) < 4.78 is 18.6. The Morgan fingerprint density at radius 2 is 1.70 bits per heavy atom. The molecular formula is C26H20N4O3. The number of fused-ring (bicyclic) bond motifs is 2. The number of nitrogens with one attached hydrogen (secondary N) is 1. The number of rotatable bonds is 6. The maximum Gasteiger partial charge on any atom is 0.231 e. The molecule has 3 aromatic carbocycles. The third-order valence-electron chi connectivity index (χ3n) is 5.46. The second kappa shape index (κ2) is 8.20. The molecule has 1 aliphatic rings. The number of nitrogens with zero attached hydrogens (tertiary/aromatic N) is 3. The van der Waals surface area contributed by atoms with Crippen LogP contribution in [0, 0.1) is 0 Å². The maximum atomic E-state index is 5.90. The Labute approximate surface area is 190 Å². The zero-order valence-corrected chi connectivity index (χ0v) is 17.6. The summed E-state index contributed by atoms with van der Waals surface area (Å²) in [6.07, 6.45) is 3.62. The van der Waals surface area contributed by atoms with Gasteiger partial charge in [-0.05, 0) is 53.6 Å². The van der Waals surface area contributed by atoms with E-state index in [1.54, 1.807) is 6.20 Å². The zero-order valence-electron chi connectivity index (χ0n) is 17.6. The van der Waals surface area contributed by atoms with Crippen molar-refractivity contribution in [2.24, 2.45) is 0 Å². The van der Waals surface area contributed by atoms with E-state index in [4.69, 9.17) is 14.2 Å². The summed E-state index contributed by atoms with van der Waals surface area (Å²) in [4.78, 5) is 4.56. The summed E-state index contributed by atoms with van der Waals surface area (Å²) in [6, 6.07) is 25.5. The maximum absolute atomic E-state index is 5.90. The van der Waals surface area contributed by atoms with Crippen LogP contribution in [-0.4, -0.2) is 21.4 Å². The zero-order chi connectivity index (χ0) is 22.0. The first-order valence-corrected chi connectivity index (χ1v) is 10.6. The predicted molar refractivity (Wildman–Crippen MR) is 125 cm³/mol. The molecule has 0 unspecified atom stereocenters. The molecule has 3 heterocycles. The Morgan fingerprint density at radius 1 is 0.879 bits per heavy atom. The molecule has 0 amide bonds. The van der Waals surface area contributed by atoms with E-state index in [2.05, 4.69) is 15.4 Å². The number of para-hydroxylation sites is 1. The summed E-state index contributed by atoms with van der Waals surface area (Å²) in [5, 5.41) is 8.01. The van der Waals surface area contributed by atoms with E-state index in [9.17, 15) is 0 Å². The summed E-state index contributed by atoms with van der Waals surface area (Å²) in [6.45, 7) is 0.892. The third kappa shape index (κ3) is 3.80. The van der Waals surface area contributed by atoms with Gasteiger partial charge in [0.2, 0.25) is 6.79 Å². The van der Waals surface area contributed by atoms with Crippen LogP contribution in [0.5, 0.6) is 23.0 Å². The lowest BCUT2D eigenvalue weighted by atomic mass is 10.1. The van der Waals surface area contributed by atoms with Crippen molar-refractivity contribution in [3.05, 3.63) is 96.8 Å². The minimum atomic E-state index is 0.270. The molecule has 0 fully saturated rings. The van der Waals surface area contributed by atoms with Gasteiger partial charge in [-0.25, -0.2) is 4.98 Å². The standard InChI is InChI=1S/C26H20N4O3/c1-2-4-20(5-3-1)33-21-9-7-19(8-10-21)22-16-29-30-25(12-13-27-26(22)30)28-15-18-6-11-23-24(14-18)32-17-31-23/h1-14,16,28H,15,17H2. The van der Waals surface area contributed by atoms with Crippen molar-refractivity contribution in [1.82, 2.24) is 14.6 Å². The van der Waals surface area contributed by atoms with Gasteiger partial charge in [0.25, 0.3) is 0 Å². The summed E-state index contributed by atoms with van der Waals surface area (Å²) in [5.41, 5.74) is 3.84. The van der Waals surface area contributed by atoms with Gasteiger partial charge in [-0.15, -0.1) is 0 Å². The summed E-state index contributed by atoms with van der Waals surface area (Å²) in [7, 11) is 0. The smallest absolute Gasteiger partial charge is 0.231 e. The van der Waals surface area contributed by atoms with E-state index in [1.165, 1.54) is 0 Å². The average molecular weight is 436 g/mol. The van der Waals surface area contributed by atoms with Crippen molar-refractivity contribution in [1.29, 1.82) is 0 Å². The Kier molecular flexibility index (Phi) is 4.77. The van der Waals surface area contributed by atoms with E-state index in [-0.39, 0.29) is 6.79 Å². The number of ether oxygens (including phenoxy) is 3. The van der Waals surface area contributed by atoms with E-state index in [1.807, 2.05) is 89.6 Å². The van der Waals surface area contributed by atoms with Gasteiger partial charge in [0.15, 0.2) is 17.1 Å². The quantitative estimate of drug-likeness (QED) is 0.377. The van der Waals surface area contributed by atoms with E-state index in [0.29, 0.717) is 6.54 Å². The average Bonchev–Trinajstić information content (AvgIpc) is 3.51. The SMILES string of the molecule is c1ccc(Oc2ccc(-c3cnn4c(NCc5ccc6c(c5)OCO6)ccnc34)cc2)cc1. The van der Waals surface area contributed by atoms with E-state index >= 15 is 0 Å². The lowest BCUT2D eigenvalue weighted by molar-refractivity contribution is 0.174. The molecule has 0 spiro atoms. The van der Waals surface area contributed by atoms with Gasteiger partial charge in [0.1, 0.15) is 17.3 Å². The van der Waals surface area contributed by atoms with Gasteiger partial charge in [-0.3, -0.25) is 0 Å². The predicted octanol–water partition coefficient (Wildman–Crippen LogP) is 5.53. The Morgan fingerprint density at radius 3 is 2.58 bits per heavy atom. The fourth-order valence-corrected chi connectivity index (χ4v) is 3.80. The van der Waals surface area contributed by atoms with Crippen molar-refractivity contribution in [3.8, 4) is 34.1 Å².